The highest BCUT2D eigenvalue weighted by molar-refractivity contribution is 6.35. The molecule has 3 aromatic rings. The summed E-state index contributed by atoms with van der Waals surface area (Å²) in [5.74, 6) is 1.45. The van der Waals surface area contributed by atoms with E-state index in [0.29, 0.717) is 18.2 Å². The SMILES string of the molecule is Clc1cc(-c2ccccc2)nc2cc3c(cc12)OCCO3. The summed E-state index contributed by atoms with van der Waals surface area (Å²) in [4.78, 5) is 4.69. The van der Waals surface area contributed by atoms with E-state index in [2.05, 4.69) is 0 Å². The van der Waals surface area contributed by atoms with Crippen LogP contribution in [0.4, 0.5) is 0 Å². The highest BCUT2D eigenvalue weighted by Gasteiger charge is 2.15. The molecule has 4 rings (SSSR count). The molecule has 1 aliphatic rings. The van der Waals surface area contributed by atoms with Gasteiger partial charge in [0.25, 0.3) is 0 Å². The Morgan fingerprint density at radius 1 is 0.905 bits per heavy atom. The Morgan fingerprint density at radius 2 is 1.62 bits per heavy atom. The molecule has 4 heteroatoms. The molecule has 0 N–H and O–H groups in total. The van der Waals surface area contributed by atoms with Crippen LogP contribution in [0.15, 0.2) is 48.5 Å². The van der Waals surface area contributed by atoms with Gasteiger partial charge in [0.1, 0.15) is 13.2 Å². The molecule has 0 unspecified atom stereocenters. The maximum atomic E-state index is 6.42. The minimum absolute atomic E-state index is 0.560. The summed E-state index contributed by atoms with van der Waals surface area (Å²) in [6, 6.07) is 15.7. The monoisotopic (exact) mass is 297 g/mol. The van der Waals surface area contributed by atoms with Gasteiger partial charge in [0.15, 0.2) is 11.5 Å². The molecule has 0 saturated carbocycles. The molecular weight excluding hydrogens is 286 g/mol. The lowest BCUT2D eigenvalue weighted by atomic mass is 10.1. The van der Waals surface area contributed by atoms with Gasteiger partial charge in [0.05, 0.1) is 16.2 Å². The fourth-order valence-electron chi connectivity index (χ4n) is 2.48. The van der Waals surface area contributed by atoms with Crippen molar-refractivity contribution in [1.29, 1.82) is 0 Å². The summed E-state index contributed by atoms with van der Waals surface area (Å²) in [5, 5.41) is 1.54. The average Bonchev–Trinajstić information content (AvgIpc) is 2.54. The van der Waals surface area contributed by atoms with Gasteiger partial charge in [0.2, 0.25) is 0 Å². The summed E-state index contributed by atoms with van der Waals surface area (Å²) in [6.07, 6.45) is 0. The quantitative estimate of drug-likeness (QED) is 0.670. The third kappa shape index (κ3) is 2.20. The Kier molecular flexibility index (Phi) is 2.93. The van der Waals surface area contributed by atoms with Gasteiger partial charge in [-0.15, -0.1) is 0 Å². The molecule has 3 nitrogen and oxygen atoms in total. The van der Waals surface area contributed by atoms with Crippen LogP contribution in [0.3, 0.4) is 0 Å². The summed E-state index contributed by atoms with van der Waals surface area (Å²) in [7, 11) is 0. The van der Waals surface area contributed by atoms with Crippen molar-refractivity contribution in [2.24, 2.45) is 0 Å². The number of halogens is 1. The van der Waals surface area contributed by atoms with Crippen LogP contribution in [0, 0.1) is 0 Å². The van der Waals surface area contributed by atoms with E-state index in [1.54, 1.807) is 0 Å². The highest BCUT2D eigenvalue weighted by Crippen LogP contribution is 2.37. The van der Waals surface area contributed by atoms with E-state index in [9.17, 15) is 0 Å². The number of hydrogen-bond donors (Lipinski definition) is 0. The van der Waals surface area contributed by atoms with E-state index < -0.39 is 0 Å². The minimum atomic E-state index is 0.560. The summed E-state index contributed by atoms with van der Waals surface area (Å²) in [5.41, 5.74) is 2.70. The zero-order valence-corrected chi connectivity index (χ0v) is 11.9. The zero-order chi connectivity index (χ0) is 14.2. The normalized spacial score (nSPS) is 13.4. The molecular formula is C17H12ClNO2. The fourth-order valence-corrected chi connectivity index (χ4v) is 2.73. The van der Waals surface area contributed by atoms with Gasteiger partial charge in [0, 0.05) is 17.0 Å². The van der Waals surface area contributed by atoms with Crippen molar-refractivity contribution in [2.75, 3.05) is 13.2 Å². The first-order valence-corrected chi connectivity index (χ1v) is 7.14. The largest absolute Gasteiger partial charge is 0.486 e. The van der Waals surface area contributed by atoms with E-state index in [-0.39, 0.29) is 0 Å². The second-order valence-corrected chi connectivity index (χ2v) is 5.28. The number of fused-ring (bicyclic) bond motifs is 2. The maximum absolute atomic E-state index is 6.42. The van der Waals surface area contributed by atoms with Gasteiger partial charge in [-0.25, -0.2) is 4.98 Å². The summed E-state index contributed by atoms with van der Waals surface area (Å²) >= 11 is 6.42. The van der Waals surface area contributed by atoms with Gasteiger partial charge in [-0.05, 0) is 12.1 Å². The van der Waals surface area contributed by atoms with Crippen molar-refractivity contribution in [3.63, 3.8) is 0 Å². The number of aromatic nitrogens is 1. The molecule has 0 spiro atoms. The Hall–Kier alpha value is -2.26. The topological polar surface area (TPSA) is 31.4 Å². The van der Waals surface area contributed by atoms with Crippen LogP contribution < -0.4 is 9.47 Å². The number of rotatable bonds is 1. The van der Waals surface area contributed by atoms with Crippen LogP contribution in [0.5, 0.6) is 11.5 Å². The summed E-state index contributed by atoms with van der Waals surface area (Å²) in [6.45, 7) is 1.12. The van der Waals surface area contributed by atoms with Crippen molar-refractivity contribution in [3.8, 4) is 22.8 Å². The van der Waals surface area contributed by atoms with Crippen LogP contribution >= 0.6 is 11.6 Å². The first kappa shape index (κ1) is 12.5. The molecule has 1 aliphatic heterocycles. The van der Waals surface area contributed by atoms with Gasteiger partial charge >= 0.3 is 0 Å². The molecule has 0 atom stereocenters. The van der Waals surface area contributed by atoms with Crippen LogP contribution in [0.2, 0.25) is 5.02 Å². The number of benzene rings is 2. The van der Waals surface area contributed by atoms with Crippen LogP contribution in [0.1, 0.15) is 0 Å². The Balaban J connectivity index is 1.93. The van der Waals surface area contributed by atoms with E-state index in [0.717, 1.165) is 33.7 Å². The van der Waals surface area contributed by atoms with E-state index in [1.807, 2.05) is 48.5 Å². The van der Waals surface area contributed by atoms with Crippen molar-refractivity contribution in [1.82, 2.24) is 4.98 Å². The molecule has 0 bridgehead atoms. The highest BCUT2D eigenvalue weighted by atomic mass is 35.5. The van der Waals surface area contributed by atoms with Gasteiger partial charge in [-0.3, -0.25) is 0 Å². The number of nitrogens with zero attached hydrogens (tertiary/aromatic N) is 1. The van der Waals surface area contributed by atoms with Crippen LogP contribution in [-0.2, 0) is 0 Å². The van der Waals surface area contributed by atoms with Crippen molar-refractivity contribution >= 4 is 22.5 Å². The smallest absolute Gasteiger partial charge is 0.163 e. The van der Waals surface area contributed by atoms with E-state index in [1.165, 1.54) is 0 Å². The second-order valence-electron chi connectivity index (χ2n) is 4.87. The van der Waals surface area contributed by atoms with E-state index in [4.69, 9.17) is 26.1 Å². The molecule has 2 heterocycles. The van der Waals surface area contributed by atoms with Gasteiger partial charge in [-0.1, -0.05) is 41.9 Å². The molecule has 0 fully saturated rings. The van der Waals surface area contributed by atoms with Gasteiger partial charge < -0.3 is 9.47 Å². The Morgan fingerprint density at radius 3 is 2.38 bits per heavy atom. The number of ether oxygens (including phenoxy) is 2. The molecule has 0 aliphatic carbocycles. The lowest BCUT2D eigenvalue weighted by Crippen LogP contribution is -2.15. The second kappa shape index (κ2) is 4.93. The Bertz CT molecular complexity index is 818. The Labute approximate surface area is 127 Å². The van der Waals surface area contributed by atoms with Crippen LogP contribution in [0.25, 0.3) is 22.2 Å². The standard InChI is InChI=1S/C17H12ClNO2/c18-13-9-14(11-4-2-1-3-5-11)19-15-10-17-16(8-12(13)15)20-6-7-21-17/h1-5,8-10H,6-7H2. The predicted molar refractivity (Wildman–Crippen MR) is 83.2 cm³/mol. The van der Waals surface area contributed by atoms with Crippen LogP contribution in [-0.4, -0.2) is 18.2 Å². The first-order chi connectivity index (χ1) is 10.3. The molecule has 21 heavy (non-hydrogen) atoms. The maximum Gasteiger partial charge on any atom is 0.163 e. The third-order valence-corrected chi connectivity index (χ3v) is 3.80. The number of hydrogen-bond acceptors (Lipinski definition) is 3. The van der Waals surface area contributed by atoms with E-state index >= 15 is 0 Å². The van der Waals surface area contributed by atoms with Crippen molar-refractivity contribution in [2.45, 2.75) is 0 Å². The molecule has 0 saturated heterocycles. The lowest BCUT2D eigenvalue weighted by molar-refractivity contribution is 0.172. The fraction of sp³-hybridized carbons (Fsp3) is 0.118. The summed E-state index contributed by atoms with van der Waals surface area (Å²) < 4.78 is 11.2. The molecule has 104 valence electrons. The minimum Gasteiger partial charge on any atom is -0.486 e. The molecule has 0 amide bonds. The predicted octanol–water partition coefficient (Wildman–Crippen LogP) is 4.33. The zero-order valence-electron chi connectivity index (χ0n) is 11.2. The van der Waals surface area contributed by atoms with Crippen molar-refractivity contribution < 1.29 is 9.47 Å². The molecule has 2 aromatic carbocycles. The first-order valence-electron chi connectivity index (χ1n) is 6.76. The van der Waals surface area contributed by atoms with Gasteiger partial charge in [-0.2, -0.15) is 0 Å². The lowest BCUT2D eigenvalue weighted by Gasteiger charge is -2.19. The molecule has 0 radical (unpaired) electrons. The average molecular weight is 298 g/mol. The molecule has 1 aromatic heterocycles. The van der Waals surface area contributed by atoms with Crippen molar-refractivity contribution in [3.05, 3.63) is 53.6 Å². The third-order valence-electron chi connectivity index (χ3n) is 3.49. The number of pyridine rings is 1.